The first-order valence-electron chi connectivity index (χ1n) is 7.62. The number of nitrogens with zero attached hydrogens (tertiary/aromatic N) is 1. The van der Waals surface area contributed by atoms with E-state index >= 15 is 0 Å². The predicted molar refractivity (Wildman–Crippen MR) is 81.6 cm³/mol. The summed E-state index contributed by atoms with van der Waals surface area (Å²) in [6.45, 7) is 7.02. The number of nitrogens with one attached hydrogen (secondary N) is 1. The summed E-state index contributed by atoms with van der Waals surface area (Å²) in [4.78, 5) is 37.5. The number of carbonyl (C=O) groups is 3. The lowest BCUT2D eigenvalue weighted by molar-refractivity contribution is -0.148. The Balaban J connectivity index is 2.77. The molecule has 132 valence electrons. The fourth-order valence-electron chi connectivity index (χ4n) is 2.33. The number of rotatable bonds is 4. The molecule has 1 rings (SSSR count). The van der Waals surface area contributed by atoms with Crippen LogP contribution in [0.4, 0.5) is 4.79 Å². The van der Waals surface area contributed by atoms with E-state index in [9.17, 15) is 19.5 Å². The number of methoxy groups -OCH3 is 1. The van der Waals surface area contributed by atoms with Gasteiger partial charge >= 0.3 is 12.1 Å². The van der Waals surface area contributed by atoms with Gasteiger partial charge in [0.2, 0.25) is 5.91 Å². The Morgan fingerprint density at radius 3 is 2.39 bits per heavy atom. The van der Waals surface area contributed by atoms with Crippen LogP contribution in [0.25, 0.3) is 0 Å². The standard InChI is InChI=1S/C15H26N2O6/c1-9(18)11(13(20)22-5)16-12(19)10-7-6-8-17(10)14(21)23-15(2,3)4/h9-11,18H,6-8H2,1-5H3,(H,16,19)/t9?,10-,11-/m0/s1. The van der Waals surface area contributed by atoms with E-state index < -0.39 is 41.8 Å². The van der Waals surface area contributed by atoms with E-state index in [0.717, 1.165) is 0 Å². The summed E-state index contributed by atoms with van der Waals surface area (Å²) in [5.41, 5.74) is -0.658. The van der Waals surface area contributed by atoms with Crippen molar-refractivity contribution in [1.82, 2.24) is 10.2 Å². The number of ether oxygens (including phenoxy) is 2. The van der Waals surface area contributed by atoms with Crippen molar-refractivity contribution in [1.29, 1.82) is 0 Å². The largest absolute Gasteiger partial charge is 0.467 e. The second-order valence-electron chi connectivity index (χ2n) is 6.58. The summed E-state index contributed by atoms with van der Waals surface area (Å²) >= 11 is 0. The Morgan fingerprint density at radius 1 is 1.30 bits per heavy atom. The molecule has 0 saturated carbocycles. The number of carbonyl (C=O) groups excluding carboxylic acids is 3. The minimum absolute atomic E-state index is 0.407. The number of amides is 2. The molecule has 3 atom stereocenters. The third-order valence-corrected chi connectivity index (χ3v) is 3.42. The lowest BCUT2D eigenvalue weighted by Gasteiger charge is -2.29. The molecular formula is C15H26N2O6. The number of hydrogen-bond acceptors (Lipinski definition) is 6. The summed E-state index contributed by atoms with van der Waals surface area (Å²) in [7, 11) is 1.17. The maximum Gasteiger partial charge on any atom is 0.410 e. The Hall–Kier alpha value is -1.83. The van der Waals surface area contributed by atoms with Crippen LogP contribution < -0.4 is 5.32 Å². The fraction of sp³-hybridized carbons (Fsp3) is 0.800. The molecule has 0 radical (unpaired) electrons. The monoisotopic (exact) mass is 330 g/mol. The minimum Gasteiger partial charge on any atom is -0.467 e. The lowest BCUT2D eigenvalue weighted by atomic mass is 10.1. The van der Waals surface area contributed by atoms with E-state index in [-0.39, 0.29) is 0 Å². The molecule has 0 aromatic rings. The van der Waals surface area contributed by atoms with Crippen LogP contribution in [0.2, 0.25) is 0 Å². The molecular weight excluding hydrogens is 304 g/mol. The number of esters is 1. The molecule has 1 fully saturated rings. The van der Waals surface area contributed by atoms with Crippen molar-refractivity contribution < 1.29 is 29.0 Å². The molecule has 8 heteroatoms. The van der Waals surface area contributed by atoms with Crippen LogP contribution in [-0.4, -0.2) is 65.4 Å². The molecule has 2 amide bonds. The molecule has 23 heavy (non-hydrogen) atoms. The van der Waals surface area contributed by atoms with Crippen LogP contribution in [0.1, 0.15) is 40.5 Å². The first kappa shape index (κ1) is 19.2. The normalized spacial score (nSPS) is 20.6. The Bertz CT molecular complexity index is 457. The second-order valence-corrected chi connectivity index (χ2v) is 6.58. The van der Waals surface area contributed by atoms with Gasteiger partial charge in [0.05, 0.1) is 13.2 Å². The van der Waals surface area contributed by atoms with Gasteiger partial charge in [-0.2, -0.15) is 0 Å². The highest BCUT2D eigenvalue weighted by Crippen LogP contribution is 2.21. The number of hydrogen-bond donors (Lipinski definition) is 2. The molecule has 2 N–H and O–H groups in total. The molecule has 1 heterocycles. The van der Waals surface area contributed by atoms with Gasteiger partial charge in [-0.15, -0.1) is 0 Å². The van der Waals surface area contributed by atoms with Crippen LogP contribution >= 0.6 is 0 Å². The van der Waals surface area contributed by atoms with E-state index in [2.05, 4.69) is 10.1 Å². The van der Waals surface area contributed by atoms with Crippen molar-refractivity contribution in [2.24, 2.45) is 0 Å². The van der Waals surface area contributed by atoms with Crippen molar-refractivity contribution in [2.45, 2.75) is 64.3 Å². The van der Waals surface area contributed by atoms with E-state index in [1.54, 1.807) is 20.8 Å². The number of likely N-dealkylation sites (tertiary alicyclic amines) is 1. The summed E-state index contributed by atoms with van der Waals surface area (Å²) in [5, 5.41) is 12.1. The first-order chi connectivity index (χ1) is 10.6. The molecule has 0 aliphatic carbocycles. The van der Waals surface area contributed by atoms with Crippen molar-refractivity contribution >= 4 is 18.0 Å². The van der Waals surface area contributed by atoms with Crippen LogP contribution in [0.3, 0.4) is 0 Å². The fourth-order valence-corrected chi connectivity index (χ4v) is 2.33. The zero-order chi connectivity index (χ0) is 17.8. The van der Waals surface area contributed by atoms with Crippen LogP contribution in [0.15, 0.2) is 0 Å². The minimum atomic E-state index is -1.17. The highest BCUT2D eigenvalue weighted by Gasteiger charge is 2.38. The SMILES string of the molecule is COC(=O)[C@@H](NC(=O)[C@@H]1CCCN1C(=O)OC(C)(C)C)C(C)O. The van der Waals surface area contributed by atoms with Gasteiger partial charge in [0.1, 0.15) is 11.6 Å². The number of aliphatic hydroxyl groups excluding tert-OH is 1. The zero-order valence-corrected chi connectivity index (χ0v) is 14.3. The summed E-state index contributed by atoms with van der Waals surface area (Å²) in [5.74, 6) is -1.25. The van der Waals surface area contributed by atoms with Gasteiger partial charge in [0.15, 0.2) is 6.04 Å². The first-order valence-corrected chi connectivity index (χ1v) is 7.62. The summed E-state index contributed by atoms with van der Waals surface area (Å²) in [6, 6.07) is -1.90. The molecule has 8 nitrogen and oxygen atoms in total. The highest BCUT2D eigenvalue weighted by molar-refractivity contribution is 5.90. The average Bonchev–Trinajstić information content (AvgIpc) is 2.91. The molecule has 1 aliphatic rings. The predicted octanol–water partition coefficient (Wildman–Crippen LogP) is 0.425. The van der Waals surface area contributed by atoms with E-state index in [1.807, 2.05) is 0 Å². The Morgan fingerprint density at radius 2 is 1.91 bits per heavy atom. The number of aliphatic hydroxyl groups is 1. The van der Waals surface area contributed by atoms with Crippen molar-refractivity contribution in [3.05, 3.63) is 0 Å². The maximum absolute atomic E-state index is 12.4. The summed E-state index contributed by atoms with van der Waals surface area (Å²) in [6.07, 6.45) is -0.544. The Kier molecular flexibility index (Phi) is 6.37. The molecule has 0 aromatic heterocycles. The maximum atomic E-state index is 12.4. The van der Waals surface area contributed by atoms with E-state index in [0.29, 0.717) is 19.4 Å². The highest BCUT2D eigenvalue weighted by atomic mass is 16.6. The average molecular weight is 330 g/mol. The van der Waals surface area contributed by atoms with Crippen molar-refractivity contribution in [3.8, 4) is 0 Å². The van der Waals surface area contributed by atoms with Gasteiger partial charge in [-0.1, -0.05) is 0 Å². The van der Waals surface area contributed by atoms with Gasteiger partial charge in [0, 0.05) is 6.54 Å². The van der Waals surface area contributed by atoms with Crippen LogP contribution in [0.5, 0.6) is 0 Å². The van der Waals surface area contributed by atoms with E-state index in [1.165, 1.54) is 18.9 Å². The Labute approximate surface area is 136 Å². The zero-order valence-electron chi connectivity index (χ0n) is 14.3. The van der Waals surface area contributed by atoms with Crippen molar-refractivity contribution in [3.63, 3.8) is 0 Å². The molecule has 0 spiro atoms. The van der Waals surface area contributed by atoms with Gasteiger partial charge in [-0.25, -0.2) is 9.59 Å². The molecule has 1 saturated heterocycles. The van der Waals surface area contributed by atoms with Gasteiger partial charge in [-0.3, -0.25) is 9.69 Å². The van der Waals surface area contributed by atoms with E-state index in [4.69, 9.17) is 4.74 Å². The topological polar surface area (TPSA) is 105 Å². The molecule has 1 aliphatic heterocycles. The van der Waals surface area contributed by atoms with Crippen molar-refractivity contribution in [2.75, 3.05) is 13.7 Å². The smallest absolute Gasteiger partial charge is 0.410 e. The molecule has 1 unspecified atom stereocenters. The third kappa shape index (κ3) is 5.38. The quantitative estimate of drug-likeness (QED) is 0.724. The second kappa shape index (κ2) is 7.63. The summed E-state index contributed by atoms with van der Waals surface area (Å²) < 4.78 is 9.85. The third-order valence-electron chi connectivity index (χ3n) is 3.42. The van der Waals surface area contributed by atoms with Gasteiger partial charge in [0.25, 0.3) is 0 Å². The lowest BCUT2D eigenvalue weighted by Crippen LogP contribution is -2.54. The van der Waals surface area contributed by atoms with Crippen LogP contribution in [-0.2, 0) is 19.1 Å². The van der Waals surface area contributed by atoms with Crippen LogP contribution in [0, 0.1) is 0 Å². The van der Waals surface area contributed by atoms with Gasteiger partial charge < -0.3 is 19.9 Å². The molecule has 0 aromatic carbocycles. The van der Waals surface area contributed by atoms with Gasteiger partial charge in [-0.05, 0) is 40.5 Å². The molecule has 0 bridgehead atoms.